The summed E-state index contributed by atoms with van der Waals surface area (Å²) in [5.74, 6) is 2.77. The molecular formula is C23H23N5OS. The van der Waals surface area contributed by atoms with Crippen LogP contribution in [0.1, 0.15) is 5.82 Å². The highest BCUT2D eigenvalue weighted by Gasteiger charge is 2.24. The summed E-state index contributed by atoms with van der Waals surface area (Å²) in [6, 6.07) is 16.5. The van der Waals surface area contributed by atoms with Crippen molar-refractivity contribution in [3.8, 4) is 11.1 Å². The fourth-order valence-corrected chi connectivity index (χ4v) is 4.87. The van der Waals surface area contributed by atoms with E-state index >= 15 is 0 Å². The first kappa shape index (κ1) is 19.0. The van der Waals surface area contributed by atoms with Gasteiger partial charge in [0.1, 0.15) is 23.1 Å². The maximum absolute atomic E-state index is 5.33. The molecule has 1 aliphatic heterocycles. The second kappa shape index (κ2) is 8.38. The highest BCUT2D eigenvalue weighted by molar-refractivity contribution is 7.17. The van der Waals surface area contributed by atoms with Crippen LogP contribution in [-0.4, -0.2) is 48.2 Å². The van der Waals surface area contributed by atoms with Crippen molar-refractivity contribution in [1.82, 2.24) is 15.0 Å². The van der Waals surface area contributed by atoms with Gasteiger partial charge < -0.3 is 14.5 Å². The molecule has 152 valence electrons. The van der Waals surface area contributed by atoms with Gasteiger partial charge in [-0.1, -0.05) is 36.4 Å². The van der Waals surface area contributed by atoms with Crippen molar-refractivity contribution in [1.29, 1.82) is 0 Å². The topological polar surface area (TPSA) is 54.4 Å². The Kier molecular flexibility index (Phi) is 5.29. The molecule has 0 N–H and O–H groups in total. The van der Waals surface area contributed by atoms with E-state index in [9.17, 15) is 0 Å². The maximum Gasteiger partial charge on any atom is 0.158 e. The number of nitrogens with zero attached hydrogens (tertiary/aromatic N) is 5. The van der Waals surface area contributed by atoms with Crippen molar-refractivity contribution >= 4 is 33.2 Å². The van der Waals surface area contributed by atoms with Crippen molar-refractivity contribution < 1.29 is 4.74 Å². The van der Waals surface area contributed by atoms with Crippen LogP contribution >= 0.6 is 11.3 Å². The number of aromatic nitrogens is 3. The van der Waals surface area contributed by atoms with Gasteiger partial charge in [0.2, 0.25) is 0 Å². The van der Waals surface area contributed by atoms with E-state index in [0.717, 1.165) is 53.9 Å². The van der Waals surface area contributed by atoms with E-state index in [1.165, 1.54) is 11.1 Å². The lowest BCUT2D eigenvalue weighted by Gasteiger charge is -2.36. The molecule has 1 fully saturated rings. The Bertz CT molecular complexity index is 1120. The molecule has 4 heterocycles. The number of fused-ring (bicyclic) bond motifs is 1. The van der Waals surface area contributed by atoms with Gasteiger partial charge in [0.25, 0.3) is 0 Å². The molecule has 0 saturated carbocycles. The zero-order valence-electron chi connectivity index (χ0n) is 16.9. The third kappa shape index (κ3) is 3.62. The van der Waals surface area contributed by atoms with E-state index in [4.69, 9.17) is 14.7 Å². The zero-order chi connectivity index (χ0) is 20.3. The molecule has 5 rings (SSSR count). The lowest BCUT2D eigenvalue weighted by Crippen LogP contribution is -2.47. The molecule has 7 heteroatoms. The van der Waals surface area contributed by atoms with Crippen LogP contribution in [0.2, 0.25) is 0 Å². The highest BCUT2D eigenvalue weighted by atomic mass is 32.1. The summed E-state index contributed by atoms with van der Waals surface area (Å²) in [6.45, 7) is 4.01. The molecule has 0 atom stereocenters. The Morgan fingerprint density at radius 2 is 1.70 bits per heavy atom. The minimum atomic E-state index is 0.412. The van der Waals surface area contributed by atoms with E-state index in [-0.39, 0.29) is 0 Å². The Balaban J connectivity index is 1.52. The van der Waals surface area contributed by atoms with E-state index in [2.05, 4.69) is 50.5 Å². The third-order valence-corrected chi connectivity index (χ3v) is 6.24. The molecule has 0 unspecified atom stereocenters. The van der Waals surface area contributed by atoms with Crippen molar-refractivity contribution in [2.75, 3.05) is 43.1 Å². The number of methoxy groups -OCH3 is 1. The summed E-state index contributed by atoms with van der Waals surface area (Å²) in [6.07, 6.45) is 1.85. The molecule has 30 heavy (non-hydrogen) atoms. The van der Waals surface area contributed by atoms with E-state index in [0.29, 0.717) is 6.61 Å². The first-order chi connectivity index (χ1) is 14.8. The summed E-state index contributed by atoms with van der Waals surface area (Å²) in [4.78, 5) is 19.9. The molecule has 0 spiro atoms. The number of thiophene rings is 1. The molecular weight excluding hydrogens is 394 g/mol. The predicted octanol–water partition coefficient (Wildman–Crippen LogP) is 4.23. The molecule has 4 aromatic rings. The molecule has 6 nitrogen and oxygen atoms in total. The van der Waals surface area contributed by atoms with Crippen LogP contribution < -0.4 is 9.80 Å². The number of pyridine rings is 1. The molecule has 3 aromatic heterocycles. The molecule has 1 aromatic carbocycles. The van der Waals surface area contributed by atoms with Crippen molar-refractivity contribution in [3.63, 3.8) is 0 Å². The minimum absolute atomic E-state index is 0.412. The van der Waals surface area contributed by atoms with Crippen LogP contribution in [0.5, 0.6) is 0 Å². The minimum Gasteiger partial charge on any atom is -0.377 e. The number of piperazine rings is 1. The van der Waals surface area contributed by atoms with Crippen LogP contribution in [0, 0.1) is 0 Å². The SMILES string of the molecule is COCc1nc(N2CCN(c3ccccn3)CC2)c2c(-c3ccccc3)csc2n1. The van der Waals surface area contributed by atoms with Gasteiger partial charge in [-0.15, -0.1) is 11.3 Å². The van der Waals surface area contributed by atoms with Crippen LogP contribution in [-0.2, 0) is 11.3 Å². The first-order valence-corrected chi connectivity index (χ1v) is 10.9. The fraction of sp³-hybridized carbons (Fsp3) is 0.261. The Labute approximate surface area is 179 Å². The second-order valence-corrected chi connectivity index (χ2v) is 8.11. The molecule has 0 amide bonds. The number of ether oxygens (including phenoxy) is 1. The zero-order valence-corrected chi connectivity index (χ0v) is 17.7. The van der Waals surface area contributed by atoms with Crippen molar-refractivity contribution in [2.45, 2.75) is 6.61 Å². The van der Waals surface area contributed by atoms with E-state index in [1.807, 2.05) is 24.4 Å². The number of hydrogen-bond donors (Lipinski definition) is 0. The number of rotatable bonds is 5. The molecule has 1 saturated heterocycles. The summed E-state index contributed by atoms with van der Waals surface area (Å²) in [5.41, 5.74) is 2.39. The lowest BCUT2D eigenvalue weighted by atomic mass is 10.1. The Morgan fingerprint density at radius 1 is 0.933 bits per heavy atom. The molecule has 1 aliphatic rings. The largest absolute Gasteiger partial charge is 0.377 e. The van der Waals surface area contributed by atoms with Gasteiger partial charge >= 0.3 is 0 Å². The molecule has 0 aliphatic carbocycles. The van der Waals surface area contributed by atoms with Crippen molar-refractivity contribution in [2.24, 2.45) is 0 Å². The summed E-state index contributed by atoms with van der Waals surface area (Å²) < 4.78 is 5.33. The first-order valence-electron chi connectivity index (χ1n) is 10.1. The van der Waals surface area contributed by atoms with Crippen molar-refractivity contribution in [3.05, 3.63) is 65.9 Å². The normalized spacial score (nSPS) is 14.4. The second-order valence-electron chi connectivity index (χ2n) is 7.25. The predicted molar refractivity (Wildman–Crippen MR) is 122 cm³/mol. The van der Waals surface area contributed by atoms with Crippen LogP contribution in [0.4, 0.5) is 11.6 Å². The van der Waals surface area contributed by atoms with Crippen LogP contribution in [0.15, 0.2) is 60.1 Å². The smallest absolute Gasteiger partial charge is 0.158 e. The van der Waals surface area contributed by atoms with E-state index in [1.54, 1.807) is 18.4 Å². The van der Waals surface area contributed by atoms with Gasteiger partial charge in [-0.25, -0.2) is 15.0 Å². The average molecular weight is 418 g/mol. The van der Waals surface area contributed by atoms with Gasteiger partial charge in [-0.3, -0.25) is 0 Å². The Morgan fingerprint density at radius 3 is 2.43 bits per heavy atom. The monoisotopic (exact) mass is 417 g/mol. The number of anilines is 2. The molecule has 0 bridgehead atoms. The van der Waals surface area contributed by atoms with Gasteiger partial charge in [0, 0.05) is 50.4 Å². The van der Waals surface area contributed by atoms with Gasteiger partial charge in [0.15, 0.2) is 5.82 Å². The number of benzene rings is 1. The van der Waals surface area contributed by atoms with Gasteiger partial charge in [-0.2, -0.15) is 0 Å². The van der Waals surface area contributed by atoms with Gasteiger partial charge in [0.05, 0.1) is 5.39 Å². The highest BCUT2D eigenvalue weighted by Crippen LogP contribution is 2.38. The quantitative estimate of drug-likeness (QED) is 0.484. The van der Waals surface area contributed by atoms with E-state index < -0.39 is 0 Å². The fourth-order valence-electron chi connectivity index (χ4n) is 3.91. The Hall–Kier alpha value is -3.03. The standard InChI is InChI=1S/C23H23N5OS/c1-29-15-19-25-22(28-13-11-27(12-14-28)20-9-5-6-10-24-20)21-18(16-30-23(21)26-19)17-7-3-2-4-8-17/h2-10,16H,11-15H2,1H3. The van der Waals surface area contributed by atoms with Crippen LogP contribution in [0.25, 0.3) is 21.3 Å². The average Bonchev–Trinajstić information content (AvgIpc) is 3.24. The molecule has 0 radical (unpaired) electrons. The number of hydrogen-bond acceptors (Lipinski definition) is 7. The summed E-state index contributed by atoms with van der Waals surface area (Å²) in [7, 11) is 1.68. The maximum atomic E-state index is 5.33. The van der Waals surface area contributed by atoms with Crippen LogP contribution in [0.3, 0.4) is 0 Å². The summed E-state index contributed by atoms with van der Waals surface area (Å²) >= 11 is 1.67. The lowest BCUT2D eigenvalue weighted by molar-refractivity contribution is 0.178. The third-order valence-electron chi connectivity index (χ3n) is 5.37. The van der Waals surface area contributed by atoms with Gasteiger partial charge in [-0.05, 0) is 17.7 Å². The summed E-state index contributed by atoms with van der Waals surface area (Å²) in [5, 5.41) is 3.33.